The van der Waals surface area contributed by atoms with Gasteiger partial charge in [0.05, 0.1) is 33.4 Å². The van der Waals surface area contributed by atoms with Gasteiger partial charge in [-0.3, -0.25) is 0 Å². The molecule has 0 saturated heterocycles. The van der Waals surface area contributed by atoms with Crippen LogP contribution < -0.4 is 25.3 Å². The van der Waals surface area contributed by atoms with Crippen molar-refractivity contribution >= 4 is 5.96 Å². The number of rotatable bonds is 7. The summed E-state index contributed by atoms with van der Waals surface area (Å²) < 4.78 is 16.6. The quantitative estimate of drug-likeness (QED) is 0.437. The van der Waals surface area contributed by atoms with Gasteiger partial charge in [-0.2, -0.15) is 0 Å². The molecular formula is C22H27N3O3. The first-order chi connectivity index (χ1) is 13.7. The van der Waals surface area contributed by atoms with E-state index in [-0.39, 0.29) is 6.04 Å². The second-order valence-corrected chi connectivity index (χ2v) is 6.56. The molecule has 1 atom stereocenters. The Bertz CT molecular complexity index is 864. The van der Waals surface area contributed by atoms with Crippen molar-refractivity contribution in [1.29, 1.82) is 0 Å². The molecule has 2 aromatic carbocycles. The molecule has 0 amide bonds. The molecule has 0 fully saturated rings. The van der Waals surface area contributed by atoms with E-state index in [4.69, 9.17) is 19.9 Å². The smallest absolute Gasteiger partial charge is 0.189 e. The summed E-state index contributed by atoms with van der Waals surface area (Å²) in [6.45, 7) is 4.90. The third-order valence-corrected chi connectivity index (χ3v) is 4.69. The number of para-hydroxylation sites is 1. The Kier molecular flexibility index (Phi) is 6.42. The van der Waals surface area contributed by atoms with Crippen molar-refractivity contribution in [2.75, 3.05) is 20.8 Å². The zero-order valence-corrected chi connectivity index (χ0v) is 16.4. The predicted octanol–water partition coefficient (Wildman–Crippen LogP) is 3.36. The van der Waals surface area contributed by atoms with Crippen LogP contribution in [0.3, 0.4) is 0 Å². The molecule has 1 aliphatic rings. The Morgan fingerprint density at radius 2 is 2.14 bits per heavy atom. The fourth-order valence-electron chi connectivity index (χ4n) is 3.40. The van der Waals surface area contributed by atoms with Gasteiger partial charge in [-0.1, -0.05) is 24.3 Å². The van der Waals surface area contributed by atoms with E-state index in [1.165, 1.54) is 0 Å². The van der Waals surface area contributed by atoms with E-state index in [0.29, 0.717) is 31.3 Å². The molecule has 148 valence electrons. The van der Waals surface area contributed by atoms with Gasteiger partial charge in [-0.25, -0.2) is 4.99 Å². The predicted molar refractivity (Wildman–Crippen MR) is 111 cm³/mol. The molecule has 0 radical (unpaired) electrons. The van der Waals surface area contributed by atoms with Crippen LogP contribution in [0.4, 0.5) is 0 Å². The molecule has 0 aromatic heterocycles. The van der Waals surface area contributed by atoms with Crippen molar-refractivity contribution in [1.82, 2.24) is 5.32 Å². The van der Waals surface area contributed by atoms with Crippen LogP contribution >= 0.6 is 0 Å². The van der Waals surface area contributed by atoms with E-state index in [0.717, 1.165) is 34.6 Å². The topological polar surface area (TPSA) is 78.1 Å². The zero-order valence-electron chi connectivity index (χ0n) is 16.4. The van der Waals surface area contributed by atoms with Crippen LogP contribution in [0.2, 0.25) is 0 Å². The van der Waals surface area contributed by atoms with Gasteiger partial charge in [0.1, 0.15) is 5.75 Å². The summed E-state index contributed by atoms with van der Waals surface area (Å²) in [6.07, 6.45) is 3.36. The van der Waals surface area contributed by atoms with E-state index < -0.39 is 0 Å². The number of nitrogens with zero attached hydrogens (tertiary/aromatic N) is 1. The number of hydrogen-bond donors (Lipinski definition) is 2. The first kappa shape index (κ1) is 19.6. The zero-order chi connectivity index (χ0) is 19.9. The molecular weight excluding hydrogens is 354 g/mol. The highest BCUT2D eigenvalue weighted by atomic mass is 16.5. The van der Waals surface area contributed by atoms with Crippen LogP contribution in [0.5, 0.6) is 17.2 Å². The van der Waals surface area contributed by atoms with E-state index in [1.54, 1.807) is 14.2 Å². The van der Waals surface area contributed by atoms with Gasteiger partial charge < -0.3 is 25.3 Å². The molecule has 0 saturated carbocycles. The van der Waals surface area contributed by atoms with Crippen LogP contribution in [-0.4, -0.2) is 26.8 Å². The lowest BCUT2D eigenvalue weighted by Crippen LogP contribution is -2.37. The van der Waals surface area contributed by atoms with E-state index in [2.05, 4.69) is 23.0 Å². The summed E-state index contributed by atoms with van der Waals surface area (Å²) >= 11 is 0. The van der Waals surface area contributed by atoms with Crippen LogP contribution in [0.1, 0.15) is 29.2 Å². The maximum atomic E-state index is 6.16. The highest BCUT2D eigenvalue weighted by Crippen LogP contribution is 2.34. The van der Waals surface area contributed by atoms with Gasteiger partial charge >= 0.3 is 0 Å². The number of fused-ring (bicyclic) bond motifs is 1. The SMILES string of the molecule is C=CCc1cc(CN=C(N)NC2CCOc3ccccc32)cc(OC)c1OC. The molecule has 0 aliphatic carbocycles. The maximum Gasteiger partial charge on any atom is 0.189 e. The number of nitrogens with one attached hydrogen (secondary N) is 1. The molecule has 1 unspecified atom stereocenters. The molecule has 6 heteroatoms. The molecule has 2 aromatic rings. The Morgan fingerprint density at radius 1 is 1.32 bits per heavy atom. The molecule has 6 nitrogen and oxygen atoms in total. The van der Waals surface area contributed by atoms with Gasteiger partial charge in [0.15, 0.2) is 17.5 Å². The average molecular weight is 381 g/mol. The van der Waals surface area contributed by atoms with Crippen LogP contribution in [0.25, 0.3) is 0 Å². The summed E-state index contributed by atoms with van der Waals surface area (Å²) in [5.74, 6) is 2.70. The van der Waals surface area contributed by atoms with Crippen molar-refractivity contribution < 1.29 is 14.2 Å². The lowest BCUT2D eigenvalue weighted by Gasteiger charge is -2.26. The largest absolute Gasteiger partial charge is 0.493 e. The second kappa shape index (κ2) is 9.17. The molecule has 1 heterocycles. The number of allylic oxidation sites excluding steroid dienone is 1. The highest BCUT2D eigenvalue weighted by Gasteiger charge is 2.21. The van der Waals surface area contributed by atoms with Crippen molar-refractivity contribution in [3.63, 3.8) is 0 Å². The number of ether oxygens (including phenoxy) is 3. The molecule has 3 N–H and O–H groups in total. The van der Waals surface area contributed by atoms with Gasteiger partial charge in [0.2, 0.25) is 0 Å². The van der Waals surface area contributed by atoms with Crippen LogP contribution in [0, 0.1) is 0 Å². The van der Waals surface area contributed by atoms with Crippen LogP contribution in [-0.2, 0) is 13.0 Å². The van der Waals surface area contributed by atoms with E-state index >= 15 is 0 Å². The standard InChI is InChI=1S/C22H27N3O3/c1-4-7-16-12-15(13-20(26-2)21(16)27-3)14-24-22(23)25-18-10-11-28-19-9-6-5-8-17(18)19/h4-6,8-9,12-13,18H,1,7,10-11,14H2,2-3H3,(H3,23,24,25). The lowest BCUT2D eigenvalue weighted by atomic mass is 10.0. The van der Waals surface area contributed by atoms with Gasteiger partial charge in [0.25, 0.3) is 0 Å². The van der Waals surface area contributed by atoms with Gasteiger partial charge in [0, 0.05) is 17.5 Å². The van der Waals surface area contributed by atoms with Gasteiger partial charge in [-0.05, 0) is 30.2 Å². The van der Waals surface area contributed by atoms with E-state index in [9.17, 15) is 0 Å². The van der Waals surface area contributed by atoms with Crippen molar-refractivity contribution in [2.45, 2.75) is 25.4 Å². The van der Waals surface area contributed by atoms with Crippen LogP contribution in [0.15, 0.2) is 54.0 Å². The number of methoxy groups -OCH3 is 2. The summed E-state index contributed by atoms with van der Waals surface area (Å²) in [4.78, 5) is 4.51. The fraction of sp³-hybridized carbons (Fsp3) is 0.318. The second-order valence-electron chi connectivity index (χ2n) is 6.56. The minimum Gasteiger partial charge on any atom is -0.493 e. The van der Waals surface area contributed by atoms with E-state index in [1.807, 2.05) is 36.4 Å². The monoisotopic (exact) mass is 381 g/mol. The number of aliphatic imine (C=N–C) groups is 1. The molecule has 0 spiro atoms. The lowest BCUT2D eigenvalue weighted by molar-refractivity contribution is 0.262. The third kappa shape index (κ3) is 4.39. The first-order valence-electron chi connectivity index (χ1n) is 9.29. The van der Waals surface area contributed by atoms with Crippen molar-refractivity contribution in [3.05, 3.63) is 65.7 Å². The Morgan fingerprint density at radius 3 is 2.89 bits per heavy atom. The average Bonchev–Trinajstić information content (AvgIpc) is 2.72. The minimum atomic E-state index is 0.0930. The first-order valence-corrected chi connectivity index (χ1v) is 9.29. The maximum absolute atomic E-state index is 6.16. The number of nitrogens with two attached hydrogens (primary N) is 1. The highest BCUT2D eigenvalue weighted by molar-refractivity contribution is 5.78. The molecule has 3 rings (SSSR count). The number of benzene rings is 2. The number of guanidine groups is 1. The molecule has 0 bridgehead atoms. The summed E-state index contributed by atoms with van der Waals surface area (Å²) in [5.41, 5.74) is 9.26. The Balaban J connectivity index is 1.75. The summed E-state index contributed by atoms with van der Waals surface area (Å²) in [7, 11) is 3.26. The normalized spacial score (nSPS) is 15.9. The number of hydrogen-bond acceptors (Lipinski definition) is 4. The van der Waals surface area contributed by atoms with Crippen molar-refractivity contribution in [3.8, 4) is 17.2 Å². The summed E-state index contributed by atoms with van der Waals surface area (Å²) in [5, 5.41) is 3.31. The molecule has 1 aliphatic heterocycles. The molecule has 28 heavy (non-hydrogen) atoms. The Hall–Kier alpha value is -3.15. The minimum absolute atomic E-state index is 0.0930. The fourth-order valence-corrected chi connectivity index (χ4v) is 3.40. The Labute approximate surface area is 166 Å². The summed E-state index contributed by atoms with van der Waals surface area (Å²) in [6, 6.07) is 12.1. The van der Waals surface area contributed by atoms with Gasteiger partial charge in [-0.15, -0.1) is 6.58 Å². The third-order valence-electron chi connectivity index (χ3n) is 4.69. The van der Waals surface area contributed by atoms with Crippen molar-refractivity contribution in [2.24, 2.45) is 10.7 Å².